The van der Waals surface area contributed by atoms with Gasteiger partial charge in [0, 0.05) is 20.3 Å². The topological polar surface area (TPSA) is 138 Å². The van der Waals surface area contributed by atoms with Crippen molar-refractivity contribution >= 4 is 23.2 Å². The Balaban J connectivity index is 2.19. The fraction of sp³-hybridized carbons (Fsp3) is 0.167. The van der Waals surface area contributed by atoms with Gasteiger partial charge in [-0.3, -0.25) is 36.2 Å². The van der Waals surface area contributed by atoms with Crippen molar-refractivity contribution in [3.05, 3.63) is 46.5 Å². The predicted molar refractivity (Wildman–Crippen MR) is 81.3 cm³/mol. The van der Waals surface area contributed by atoms with Crippen LogP contribution >= 0.6 is 0 Å². The minimum atomic E-state index is -0.652. The number of pyridine rings is 1. The van der Waals surface area contributed by atoms with Crippen LogP contribution in [0.5, 0.6) is 0 Å². The Morgan fingerprint density at radius 2 is 1.96 bits per heavy atom. The Labute approximate surface area is 130 Å². The lowest BCUT2D eigenvalue weighted by Crippen LogP contribution is -2.31. The largest absolute Gasteiger partial charge is 0.356 e. The van der Waals surface area contributed by atoms with Gasteiger partial charge >= 0.3 is 5.69 Å². The molecule has 0 spiro atoms. The van der Waals surface area contributed by atoms with Crippen LogP contribution in [-0.4, -0.2) is 44.9 Å². The van der Waals surface area contributed by atoms with E-state index in [2.05, 4.69) is 31.2 Å². The van der Waals surface area contributed by atoms with E-state index in [-0.39, 0.29) is 17.3 Å². The number of carbonyl (C=O) groups is 1. The van der Waals surface area contributed by atoms with Gasteiger partial charge in [-0.05, 0) is 12.1 Å². The van der Waals surface area contributed by atoms with Crippen LogP contribution in [0.15, 0.2) is 30.7 Å². The van der Waals surface area contributed by atoms with E-state index in [4.69, 9.17) is 0 Å². The summed E-state index contributed by atoms with van der Waals surface area (Å²) in [7, 11) is 3.31. The summed E-state index contributed by atoms with van der Waals surface area (Å²) < 4.78 is 0. The molecule has 1 amide bonds. The molecule has 0 atom stereocenters. The number of hydrogen-bond donors (Lipinski definition) is 3. The minimum absolute atomic E-state index is 0.00964. The molecule has 0 unspecified atom stereocenters. The Morgan fingerprint density at radius 1 is 1.22 bits per heavy atom. The van der Waals surface area contributed by atoms with Gasteiger partial charge in [0.05, 0.1) is 4.92 Å². The predicted octanol–water partition coefficient (Wildman–Crippen LogP) is 0.425. The smallest absolute Gasteiger partial charge is 0.298 e. The third kappa shape index (κ3) is 4.07. The molecule has 0 fully saturated rings. The number of anilines is 2. The zero-order valence-electron chi connectivity index (χ0n) is 12.3. The summed E-state index contributed by atoms with van der Waals surface area (Å²) in [6, 6.07) is 4.82. The molecule has 2 heterocycles. The van der Waals surface area contributed by atoms with Crippen molar-refractivity contribution in [3.8, 4) is 0 Å². The van der Waals surface area contributed by atoms with E-state index in [1.807, 2.05) is 0 Å². The van der Waals surface area contributed by atoms with Crippen LogP contribution in [-0.2, 0) is 0 Å². The quantitative estimate of drug-likeness (QED) is 0.511. The molecule has 120 valence electrons. The number of amides is 1. The highest BCUT2D eigenvalue weighted by atomic mass is 16.6. The van der Waals surface area contributed by atoms with Gasteiger partial charge < -0.3 is 0 Å². The number of carbonyl (C=O) groups excluding carboxylic acids is 1. The van der Waals surface area contributed by atoms with Crippen molar-refractivity contribution in [2.24, 2.45) is 0 Å². The molecular weight excluding hydrogens is 304 g/mol. The molecule has 2 rings (SSSR count). The monoisotopic (exact) mass is 318 g/mol. The van der Waals surface area contributed by atoms with Crippen molar-refractivity contribution in [1.29, 1.82) is 0 Å². The third-order valence-electron chi connectivity index (χ3n) is 2.53. The Bertz CT molecular complexity index is 707. The molecule has 0 radical (unpaired) electrons. The molecule has 0 aliphatic heterocycles. The van der Waals surface area contributed by atoms with Gasteiger partial charge in [-0.15, -0.1) is 0 Å². The summed E-state index contributed by atoms with van der Waals surface area (Å²) in [6.07, 6.45) is 2.59. The van der Waals surface area contributed by atoms with Crippen molar-refractivity contribution in [3.63, 3.8) is 0 Å². The van der Waals surface area contributed by atoms with Gasteiger partial charge in [-0.2, -0.15) is 0 Å². The number of hydrogen-bond acceptors (Lipinski definition) is 9. The van der Waals surface area contributed by atoms with E-state index in [9.17, 15) is 14.9 Å². The molecule has 0 bridgehead atoms. The molecule has 0 saturated carbocycles. The van der Waals surface area contributed by atoms with Crippen molar-refractivity contribution in [1.82, 2.24) is 25.4 Å². The Morgan fingerprint density at radius 3 is 2.57 bits per heavy atom. The second-order valence-electron chi connectivity index (χ2n) is 4.48. The van der Waals surface area contributed by atoms with Crippen molar-refractivity contribution in [2.45, 2.75) is 0 Å². The summed E-state index contributed by atoms with van der Waals surface area (Å²) in [5.74, 6) is -0.719. The van der Waals surface area contributed by atoms with Crippen LogP contribution in [0.3, 0.4) is 0 Å². The zero-order valence-corrected chi connectivity index (χ0v) is 12.3. The summed E-state index contributed by atoms with van der Waals surface area (Å²) in [5, 5.41) is 12.7. The molecule has 0 aliphatic rings. The summed E-state index contributed by atoms with van der Waals surface area (Å²) in [4.78, 5) is 33.9. The van der Waals surface area contributed by atoms with Gasteiger partial charge in [-0.1, -0.05) is 6.07 Å². The van der Waals surface area contributed by atoms with Crippen LogP contribution in [0.2, 0.25) is 0 Å². The highest BCUT2D eigenvalue weighted by Crippen LogP contribution is 2.28. The maximum atomic E-state index is 11.9. The molecule has 11 heteroatoms. The molecule has 0 aromatic carbocycles. The fourth-order valence-corrected chi connectivity index (χ4v) is 1.61. The van der Waals surface area contributed by atoms with Crippen LogP contribution in [0.1, 0.15) is 10.5 Å². The average molecular weight is 318 g/mol. The van der Waals surface area contributed by atoms with Crippen LogP contribution in [0.25, 0.3) is 0 Å². The molecule has 2 aromatic heterocycles. The lowest BCUT2D eigenvalue weighted by Gasteiger charge is -2.14. The van der Waals surface area contributed by atoms with E-state index in [1.54, 1.807) is 26.2 Å². The minimum Gasteiger partial charge on any atom is -0.298 e. The van der Waals surface area contributed by atoms with Gasteiger partial charge in [0.2, 0.25) is 11.6 Å². The molecule has 3 N–H and O–H groups in total. The van der Waals surface area contributed by atoms with Crippen LogP contribution in [0.4, 0.5) is 17.3 Å². The molecule has 23 heavy (non-hydrogen) atoms. The molecule has 0 saturated heterocycles. The van der Waals surface area contributed by atoms with Gasteiger partial charge in [0.25, 0.3) is 5.91 Å². The van der Waals surface area contributed by atoms with Crippen molar-refractivity contribution in [2.75, 3.05) is 24.9 Å². The molecule has 2 aromatic rings. The SMILES string of the molecule is CN(C)Nc1ncnc(NNC(=O)c2ccccn2)c1[N+](=O)[O-]. The number of nitrogens with one attached hydrogen (secondary N) is 3. The first kappa shape index (κ1) is 16.0. The van der Waals surface area contributed by atoms with E-state index in [1.165, 1.54) is 17.3 Å². The van der Waals surface area contributed by atoms with Crippen molar-refractivity contribution < 1.29 is 9.72 Å². The molecule has 0 aliphatic carbocycles. The number of hydrazine groups is 2. The number of rotatable bonds is 6. The van der Waals surface area contributed by atoms with E-state index in [0.29, 0.717) is 0 Å². The number of nitrogens with zero attached hydrogens (tertiary/aromatic N) is 5. The Hall–Kier alpha value is -3.34. The number of nitro groups is 1. The van der Waals surface area contributed by atoms with Crippen LogP contribution < -0.4 is 16.3 Å². The van der Waals surface area contributed by atoms with Gasteiger partial charge in [0.1, 0.15) is 12.0 Å². The summed E-state index contributed by atoms with van der Waals surface area (Å²) >= 11 is 0. The van der Waals surface area contributed by atoms with Gasteiger partial charge in [-0.25, -0.2) is 15.0 Å². The number of aromatic nitrogens is 3. The molecular formula is C12H14N8O3. The maximum absolute atomic E-state index is 11.9. The first-order valence-electron chi connectivity index (χ1n) is 6.40. The zero-order chi connectivity index (χ0) is 16.8. The van der Waals surface area contributed by atoms with E-state index >= 15 is 0 Å². The Kier molecular flexibility index (Phi) is 4.94. The fourth-order valence-electron chi connectivity index (χ4n) is 1.61. The standard InChI is InChI=1S/C12H14N8O3/c1-19(2)18-11-9(20(22)23)10(14-7-15-11)16-17-12(21)8-5-3-4-6-13-8/h3-7H,1-2H3,(H,17,21)(H2,14,15,16,18). The highest BCUT2D eigenvalue weighted by molar-refractivity contribution is 5.93. The first-order valence-corrected chi connectivity index (χ1v) is 6.40. The van der Waals surface area contributed by atoms with Gasteiger partial charge in [0.15, 0.2) is 0 Å². The average Bonchev–Trinajstić information content (AvgIpc) is 2.52. The second-order valence-corrected chi connectivity index (χ2v) is 4.48. The maximum Gasteiger partial charge on any atom is 0.356 e. The highest BCUT2D eigenvalue weighted by Gasteiger charge is 2.23. The van der Waals surface area contributed by atoms with E-state index in [0.717, 1.165) is 6.33 Å². The van der Waals surface area contributed by atoms with E-state index < -0.39 is 16.5 Å². The second kappa shape index (κ2) is 7.09. The lowest BCUT2D eigenvalue weighted by molar-refractivity contribution is -0.383. The molecule has 11 nitrogen and oxygen atoms in total. The first-order chi connectivity index (χ1) is 11.0. The van der Waals surface area contributed by atoms with Crippen LogP contribution in [0, 0.1) is 10.1 Å². The lowest BCUT2D eigenvalue weighted by atomic mass is 10.3. The normalized spacial score (nSPS) is 10.2. The summed E-state index contributed by atoms with van der Waals surface area (Å²) in [5.41, 5.74) is 7.16. The third-order valence-corrected chi connectivity index (χ3v) is 2.53. The summed E-state index contributed by atoms with van der Waals surface area (Å²) in [6.45, 7) is 0.